The summed E-state index contributed by atoms with van der Waals surface area (Å²) in [6, 6.07) is 32.7. The Morgan fingerprint density at radius 3 is 1.94 bits per heavy atom. The first-order chi connectivity index (χ1) is 31.0. The average molecular weight is 890 g/mol. The number of carbonyl (C=O) groups is 2. The molecule has 1 unspecified atom stereocenters. The molecule has 1 aliphatic heterocycles. The van der Waals surface area contributed by atoms with Crippen LogP contribution >= 0.6 is 0 Å². The number of aromatic amines is 1. The number of Topliss-reactive ketones (excluding diaryl/α,β-unsaturated/α-hetero) is 1. The van der Waals surface area contributed by atoms with E-state index in [9.17, 15) is 14.7 Å². The molecule has 2 aromatic heterocycles. The summed E-state index contributed by atoms with van der Waals surface area (Å²) < 4.78 is 44.5. The van der Waals surface area contributed by atoms with Crippen molar-refractivity contribution in [2.75, 3.05) is 32.9 Å². The number of para-hydroxylation sites is 1. The molecule has 6 aromatic rings. The molecule has 0 bridgehead atoms. The lowest BCUT2D eigenvalue weighted by atomic mass is 9.79. The summed E-state index contributed by atoms with van der Waals surface area (Å²) >= 11 is 0. The highest BCUT2D eigenvalue weighted by molar-refractivity contribution is 5.85. The van der Waals surface area contributed by atoms with E-state index in [1.807, 2.05) is 81.4 Å². The van der Waals surface area contributed by atoms with Crippen LogP contribution in [-0.4, -0.2) is 94.0 Å². The number of anilines is 1. The van der Waals surface area contributed by atoms with Crippen LogP contribution in [0.5, 0.6) is 17.2 Å². The highest BCUT2D eigenvalue weighted by Gasteiger charge is 2.54. The first-order valence-corrected chi connectivity index (χ1v) is 21.1. The quantitative estimate of drug-likeness (QED) is 0.0506. The Balaban J connectivity index is 1.40. The molecule has 65 heavy (non-hydrogen) atoms. The van der Waals surface area contributed by atoms with Crippen molar-refractivity contribution in [2.24, 2.45) is 5.41 Å². The van der Waals surface area contributed by atoms with E-state index < -0.39 is 77.9 Å². The molecule has 16 nitrogen and oxygen atoms in total. The number of carbonyl (C=O) groups excluding carboxylic acids is 2. The van der Waals surface area contributed by atoms with Crippen molar-refractivity contribution in [1.82, 2.24) is 19.5 Å². The van der Waals surface area contributed by atoms with Gasteiger partial charge < -0.3 is 43.6 Å². The maximum absolute atomic E-state index is 15.1. The van der Waals surface area contributed by atoms with Crippen LogP contribution in [0.25, 0.3) is 11.2 Å². The van der Waals surface area contributed by atoms with Crippen LogP contribution in [0, 0.1) is 5.41 Å². The van der Waals surface area contributed by atoms with Gasteiger partial charge in [-0.3, -0.25) is 23.9 Å². The second-order valence-electron chi connectivity index (χ2n) is 17.6. The summed E-state index contributed by atoms with van der Waals surface area (Å²) in [7, 11) is 3.13. The van der Waals surface area contributed by atoms with E-state index in [2.05, 4.69) is 15.3 Å². The van der Waals surface area contributed by atoms with E-state index in [-0.39, 0.29) is 17.1 Å². The lowest BCUT2D eigenvalue weighted by molar-refractivity contribution is -0.179. The topological polar surface area (TPSA) is 195 Å². The minimum atomic E-state index is -1.65. The number of aromatic nitrogens is 4. The summed E-state index contributed by atoms with van der Waals surface area (Å²) in [5.41, 5.74) is -1.57. The lowest BCUT2D eigenvalue weighted by Gasteiger charge is -2.40. The van der Waals surface area contributed by atoms with Gasteiger partial charge in [0, 0.05) is 5.54 Å². The number of rotatable bonds is 17. The van der Waals surface area contributed by atoms with Gasteiger partial charge in [0.1, 0.15) is 47.8 Å². The normalized spacial score (nSPS) is 18.2. The smallest absolute Gasteiger partial charge is 0.313 e. The van der Waals surface area contributed by atoms with Crippen LogP contribution < -0.4 is 25.1 Å². The van der Waals surface area contributed by atoms with E-state index in [4.69, 9.17) is 38.1 Å². The zero-order chi connectivity index (χ0) is 46.5. The number of ether oxygens (including phenoxy) is 7. The molecule has 0 aliphatic carbocycles. The molecule has 1 aliphatic rings. The highest BCUT2D eigenvalue weighted by atomic mass is 16.7. The van der Waals surface area contributed by atoms with Crippen LogP contribution in [0.2, 0.25) is 0 Å². The van der Waals surface area contributed by atoms with Crippen LogP contribution in [0.1, 0.15) is 64.5 Å². The summed E-state index contributed by atoms with van der Waals surface area (Å²) in [5.74, 6) is 0.594. The molecule has 1 fully saturated rings. The number of imidazole rings is 1. The molecule has 342 valence electrons. The van der Waals surface area contributed by atoms with E-state index in [1.165, 1.54) is 10.9 Å². The molecule has 4 aromatic carbocycles. The number of nitrogens with zero attached hydrogens (tertiary/aromatic N) is 3. The average Bonchev–Trinajstić information content (AvgIpc) is 3.86. The van der Waals surface area contributed by atoms with Gasteiger partial charge in [-0.1, -0.05) is 72.8 Å². The number of hydrogen-bond acceptors (Lipinski definition) is 14. The Hall–Kier alpha value is -6.59. The van der Waals surface area contributed by atoms with Crippen LogP contribution in [-0.2, 0) is 34.1 Å². The first-order valence-electron chi connectivity index (χ1n) is 21.1. The molecule has 1 saturated heterocycles. The Morgan fingerprint density at radius 2 is 1.38 bits per heavy atom. The SMILES string of the molecule is COc1ccc(C(OC(C(=O)COc2ccccc2)[C@H]2O[C@@H](n3cnc4c(=O)[nH]c(NC(C)(C)C)nc43)[C@H](OCOC(=O)C(C)(C)C)[C@@H]2O)(c2ccccc2)c2ccc(OC)cc2)cc1. The standard InChI is InChI=1S/C49H55N5O11/c1-47(2,3)45(58)63-29-62-41-38(56)40(64-44(41)54-28-50-37-42(54)51-46(52-43(37)57)53-48(4,5)6)39(36(55)27-61-35-17-13-10-14-18-35)65-49(30-15-11-9-12-16-30,31-19-23-33(59-7)24-20-31)32-21-25-34(60-8)26-22-32/h9-26,28,38-41,44,56H,27,29H2,1-8H3,(H2,51,52,53,57)/t38-,39?,40+,41-,44-/m1/s1. The molecule has 3 heterocycles. The third kappa shape index (κ3) is 10.2. The maximum atomic E-state index is 15.1. The van der Waals surface area contributed by atoms with Gasteiger partial charge in [-0.25, -0.2) is 4.98 Å². The molecular weight excluding hydrogens is 835 g/mol. The summed E-state index contributed by atoms with van der Waals surface area (Å²) in [5, 5.41) is 15.8. The fourth-order valence-corrected chi connectivity index (χ4v) is 7.53. The van der Waals surface area contributed by atoms with Crippen molar-refractivity contribution in [3.05, 3.63) is 143 Å². The number of methoxy groups -OCH3 is 2. The Kier molecular flexibility index (Phi) is 13.7. The minimum Gasteiger partial charge on any atom is -0.497 e. The van der Waals surface area contributed by atoms with Gasteiger partial charge in [-0.05, 0) is 94.6 Å². The third-order valence-corrected chi connectivity index (χ3v) is 10.7. The van der Waals surface area contributed by atoms with Crippen molar-refractivity contribution in [2.45, 2.75) is 83.3 Å². The number of fused-ring (bicyclic) bond motifs is 1. The van der Waals surface area contributed by atoms with Gasteiger partial charge >= 0.3 is 5.97 Å². The Labute approximate surface area is 376 Å². The van der Waals surface area contributed by atoms with E-state index in [0.29, 0.717) is 33.9 Å². The Bertz CT molecular complexity index is 2560. The third-order valence-electron chi connectivity index (χ3n) is 10.7. The largest absolute Gasteiger partial charge is 0.497 e. The number of hydrogen-bond donors (Lipinski definition) is 3. The van der Waals surface area contributed by atoms with Gasteiger partial charge in [0.2, 0.25) is 11.7 Å². The molecular formula is C49H55N5O11. The monoisotopic (exact) mass is 889 g/mol. The predicted octanol–water partition coefficient (Wildman–Crippen LogP) is 6.56. The molecule has 16 heteroatoms. The van der Waals surface area contributed by atoms with Crippen molar-refractivity contribution in [1.29, 1.82) is 0 Å². The highest BCUT2D eigenvalue weighted by Crippen LogP contribution is 2.45. The maximum Gasteiger partial charge on any atom is 0.313 e. The first kappa shape index (κ1) is 46.4. The van der Waals surface area contributed by atoms with Gasteiger partial charge in [0.25, 0.3) is 5.56 Å². The summed E-state index contributed by atoms with van der Waals surface area (Å²) in [6.45, 7) is 9.72. The molecule has 7 rings (SSSR count). The predicted molar refractivity (Wildman–Crippen MR) is 241 cm³/mol. The number of esters is 1. The zero-order valence-corrected chi connectivity index (χ0v) is 37.6. The van der Waals surface area contributed by atoms with Crippen molar-refractivity contribution < 1.29 is 47.9 Å². The second kappa shape index (κ2) is 19.3. The molecule has 0 radical (unpaired) electrons. The van der Waals surface area contributed by atoms with E-state index >= 15 is 4.79 Å². The molecule has 3 N–H and O–H groups in total. The zero-order valence-electron chi connectivity index (χ0n) is 37.6. The lowest BCUT2D eigenvalue weighted by Crippen LogP contribution is -2.51. The summed E-state index contributed by atoms with van der Waals surface area (Å²) in [4.78, 5) is 53.2. The number of H-pyrrole nitrogens is 1. The van der Waals surface area contributed by atoms with Gasteiger partial charge in [0.05, 0.1) is 26.0 Å². The van der Waals surface area contributed by atoms with Crippen molar-refractivity contribution >= 4 is 28.9 Å². The number of ketones is 1. The fraction of sp³-hybridized carbons (Fsp3) is 0.367. The van der Waals surface area contributed by atoms with Crippen molar-refractivity contribution in [3.8, 4) is 17.2 Å². The molecule has 0 amide bonds. The van der Waals surface area contributed by atoms with Gasteiger partial charge in [-0.2, -0.15) is 4.98 Å². The summed E-state index contributed by atoms with van der Waals surface area (Å²) in [6.07, 6.45) is -6.09. The number of aliphatic hydroxyl groups excluding tert-OH is 1. The van der Waals surface area contributed by atoms with Crippen molar-refractivity contribution in [3.63, 3.8) is 0 Å². The molecule has 5 atom stereocenters. The van der Waals surface area contributed by atoms with Gasteiger partial charge in [-0.15, -0.1) is 0 Å². The fourth-order valence-electron chi connectivity index (χ4n) is 7.53. The van der Waals surface area contributed by atoms with E-state index in [0.717, 1.165) is 0 Å². The minimum absolute atomic E-state index is 0.0221. The van der Waals surface area contributed by atoms with Crippen LogP contribution in [0.4, 0.5) is 5.95 Å². The number of aliphatic hydroxyl groups is 1. The van der Waals surface area contributed by atoms with Gasteiger partial charge in [0.15, 0.2) is 30.3 Å². The number of benzene rings is 4. The van der Waals surface area contributed by atoms with E-state index in [1.54, 1.807) is 83.5 Å². The molecule has 0 saturated carbocycles. The second-order valence-corrected chi connectivity index (χ2v) is 17.6. The molecule has 0 spiro atoms. The van der Waals surface area contributed by atoms with Crippen LogP contribution in [0.3, 0.4) is 0 Å². The van der Waals surface area contributed by atoms with Crippen LogP contribution in [0.15, 0.2) is 120 Å². The number of nitrogens with one attached hydrogen (secondary N) is 2. The Morgan fingerprint density at radius 1 is 0.815 bits per heavy atom.